The standard InChI is InChI=1S/C21H17N5O3/c1-26-12-4-6-16(21(26)28)20(27)23-17-7-3-2-5-15(17)13-18-24-19(25-29-18)14-8-10-22-11-9-14/h2-12H,13H2,1H3,(H,23,27). The Labute approximate surface area is 165 Å². The summed E-state index contributed by atoms with van der Waals surface area (Å²) in [5.74, 6) is 0.410. The Balaban J connectivity index is 1.56. The van der Waals surface area contributed by atoms with Gasteiger partial charge < -0.3 is 14.4 Å². The number of nitrogens with one attached hydrogen (secondary N) is 1. The fraction of sp³-hybridized carbons (Fsp3) is 0.0952. The molecule has 4 aromatic rings. The van der Waals surface area contributed by atoms with Crippen molar-refractivity contribution in [3.8, 4) is 11.4 Å². The fourth-order valence-electron chi connectivity index (χ4n) is 2.86. The third kappa shape index (κ3) is 3.96. The maximum Gasteiger partial charge on any atom is 0.263 e. The summed E-state index contributed by atoms with van der Waals surface area (Å²) in [5, 5.41) is 6.80. The molecule has 0 saturated carbocycles. The van der Waals surface area contributed by atoms with E-state index in [1.807, 2.05) is 12.1 Å². The van der Waals surface area contributed by atoms with Crippen LogP contribution in [0.25, 0.3) is 11.4 Å². The van der Waals surface area contributed by atoms with Crippen LogP contribution in [0.2, 0.25) is 0 Å². The van der Waals surface area contributed by atoms with E-state index in [4.69, 9.17) is 4.52 Å². The number of hydrogen-bond acceptors (Lipinski definition) is 6. The molecule has 29 heavy (non-hydrogen) atoms. The first kappa shape index (κ1) is 18.3. The second-order valence-electron chi connectivity index (χ2n) is 6.37. The van der Waals surface area contributed by atoms with Crippen molar-refractivity contribution in [3.05, 3.63) is 94.5 Å². The van der Waals surface area contributed by atoms with Crippen molar-refractivity contribution >= 4 is 11.6 Å². The summed E-state index contributed by atoms with van der Waals surface area (Å²) in [6.45, 7) is 0. The van der Waals surface area contributed by atoms with E-state index in [1.54, 1.807) is 56.0 Å². The maximum atomic E-state index is 12.6. The topological polar surface area (TPSA) is 103 Å². The highest BCUT2D eigenvalue weighted by Crippen LogP contribution is 2.21. The quantitative estimate of drug-likeness (QED) is 0.565. The number of rotatable bonds is 5. The van der Waals surface area contributed by atoms with Crippen LogP contribution in [0, 0.1) is 0 Å². The molecule has 1 aromatic carbocycles. The molecule has 144 valence electrons. The number of benzene rings is 1. The van der Waals surface area contributed by atoms with Crippen LogP contribution in [0.5, 0.6) is 0 Å². The van der Waals surface area contributed by atoms with Crippen molar-refractivity contribution in [2.75, 3.05) is 5.32 Å². The summed E-state index contributed by atoms with van der Waals surface area (Å²) >= 11 is 0. The smallest absolute Gasteiger partial charge is 0.263 e. The zero-order chi connectivity index (χ0) is 20.2. The molecule has 0 radical (unpaired) electrons. The maximum absolute atomic E-state index is 12.6. The summed E-state index contributed by atoms with van der Waals surface area (Å²) in [6, 6.07) is 14.0. The number of amides is 1. The number of carbonyl (C=O) groups excluding carboxylic acids is 1. The molecule has 0 aliphatic rings. The lowest BCUT2D eigenvalue weighted by Gasteiger charge is -2.10. The lowest BCUT2D eigenvalue weighted by atomic mass is 10.1. The number of anilines is 1. The summed E-state index contributed by atoms with van der Waals surface area (Å²) in [7, 11) is 1.60. The Hall–Kier alpha value is -4.07. The van der Waals surface area contributed by atoms with Gasteiger partial charge in [-0.15, -0.1) is 0 Å². The second-order valence-corrected chi connectivity index (χ2v) is 6.37. The number of aromatic nitrogens is 4. The third-order valence-electron chi connectivity index (χ3n) is 4.38. The average molecular weight is 387 g/mol. The summed E-state index contributed by atoms with van der Waals surface area (Å²) in [4.78, 5) is 33.2. The van der Waals surface area contributed by atoms with Crippen LogP contribution in [-0.2, 0) is 13.5 Å². The highest BCUT2D eigenvalue weighted by Gasteiger charge is 2.15. The van der Waals surface area contributed by atoms with E-state index in [2.05, 4.69) is 20.4 Å². The minimum atomic E-state index is -0.471. The Morgan fingerprint density at radius 2 is 1.90 bits per heavy atom. The second kappa shape index (κ2) is 7.89. The lowest BCUT2D eigenvalue weighted by Crippen LogP contribution is -2.27. The van der Waals surface area contributed by atoms with Gasteiger partial charge in [-0.25, -0.2) is 0 Å². The Kier molecular flexibility index (Phi) is 4.98. The number of para-hydroxylation sites is 1. The zero-order valence-electron chi connectivity index (χ0n) is 15.6. The van der Waals surface area contributed by atoms with Crippen LogP contribution in [0.15, 0.2) is 76.4 Å². The van der Waals surface area contributed by atoms with Crippen LogP contribution < -0.4 is 10.9 Å². The van der Waals surface area contributed by atoms with Gasteiger partial charge in [0, 0.05) is 36.9 Å². The summed E-state index contributed by atoms with van der Waals surface area (Å²) in [6.07, 6.45) is 5.25. The highest BCUT2D eigenvalue weighted by molar-refractivity contribution is 6.04. The van der Waals surface area contributed by atoms with Crippen LogP contribution in [0.4, 0.5) is 5.69 Å². The molecule has 0 aliphatic heterocycles. The first-order valence-corrected chi connectivity index (χ1v) is 8.89. The Morgan fingerprint density at radius 3 is 2.72 bits per heavy atom. The predicted molar refractivity (Wildman–Crippen MR) is 106 cm³/mol. The molecular formula is C21H17N5O3. The number of aryl methyl sites for hydroxylation is 1. The van der Waals surface area contributed by atoms with Crippen LogP contribution >= 0.6 is 0 Å². The zero-order valence-corrected chi connectivity index (χ0v) is 15.6. The normalized spacial score (nSPS) is 10.7. The van der Waals surface area contributed by atoms with E-state index >= 15 is 0 Å². The Morgan fingerprint density at radius 1 is 1.10 bits per heavy atom. The number of carbonyl (C=O) groups is 1. The molecule has 1 N–H and O–H groups in total. The first-order chi connectivity index (χ1) is 14.1. The molecule has 3 heterocycles. The van der Waals surface area contributed by atoms with Crippen LogP contribution in [-0.4, -0.2) is 25.6 Å². The van der Waals surface area contributed by atoms with Crippen molar-refractivity contribution in [2.45, 2.75) is 6.42 Å². The van der Waals surface area contributed by atoms with Gasteiger partial charge in [-0.1, -0.05) is 23.4 Å². The molecule has 0 spiro atoms. The highest BCUT2D eigenvalue weighted by atomic mass is 16.5. The Bertz CT molecular complexity index is 1210. The van der Waals surface area contributed by atoms with Crippen LogP contribution in [0.3, 0.4) is 0 Å². The molecular weight excluding hydrogens is 370 g/mol. The monoisotopic (exact) mass is 387 g/mol. The van der Waals surface area contributed by atoms with Gasteiger partial charge >= 0.3 is 0 Å². The molecule has 8 nitrogen and oxygen atoms in total. The predicted octanol–water partition coefficient (Wildman–Crippen LogP) is 2.67. The van der Waals surface area contributed by atoms with E-state index in [1.165, 1.54) is 10.6 Å². The first-order valence-electron chi connectivity index (χ1n) is 8.89. The van der Waals surface area contributed by atoms with Gasteiger partial charge in [0.05, 0.1) is 6.42 Å². The van der Waals surface area contributed by atoms with E-state index < -0.39 is 5.91 Å². The van der Waals surface area contributed by atoms with Gasteiger partial charge in [-0.2, -0.15) is 4.98 Å². The van der Waals surface area contributed by atoms with Gasteiger partial charge in [0.25, 0.3) is 11.5 Å². The van der Waals surface area contributed by atoms with Gasteiger partial charge in [-0.3, -0.25) is 14.6 Å². The molecule has 8 heteroatoms. The number of nitrogens with zero attached hydrogens (tertiary/aromatic N) is 4. The van der Waals surface area contributed by atoms with Crippen molar-refractivity contribution < 1.29 is 9.32 Å². The molecule has 3 aromatic heterocycles. The number of pyridine rings is 2. The molecule has 0 saturated heterocycles. The molecule has 0 unspecified atom stereocenters. The van der Waals surface area contributed by atoms with E-state index in [0.717, 1.165) is 11.1 Å². The minimum Gasteiger partial charge on any atom is -0.339 e. The van der Waals surface area contributed by atoms with Crippen molar-refractivity contribution in [2.24, 2.45) is 7.05 Å². The number of hydrogen-bond donors (Lipinski definition) is 1. The average Bonchev–Trinajstić information content (AvgIpc) is 3.21. The largest absolute Gasteiger partial charge is 0.339 e. The minimum absolute atomic E-state index is 0.0718. The molecule has 0 bridgehead atoms. The van der Waals surface area contributed by atoms with Crippen LogP contribution in [0.1, 0.15) is 21.8 Å². The SMILES string of the molecule is Cn1cccc(C(=O)Nc2ccccc2Cc2nc(-c3ccncc3)no2)c1=O. The van der Waals surface area contributed by atoms with E-state index in [0.29, 0.717) is 23.8 Å². The van der Waals surface area contributed by atoms with Gasteiger partial charge in [0.15, 0.2) is 0 Å². The van der Waals surface area contributed by atoms with Crippen molar-refractivity contribution in [3.63, 3.8) is 0 Å². The summed E-state index contributed by atoms with van der Waals surface area (Å²) in [5.41, 5.74) is 1.88. The van der Waals surface area contributed by atoms with Gasteiger partial charge in [0.1, 0.15) is 5.56 Å². The van der Waals surface area contributed by atoms with Crippen molar-refractivity contribution in [1.82, 2.24) is 19.7 Å². The van der Waals surface area contributed by atoms with Gasteiger partial charge in [-0.05, 0) is 35.9 Å². The fourth-order valence-corrected chi connectivity index (χ4v) is 2.86. The molecule has 0 aliphatic carbocycles. The van der Waals surface area contributed by atoms with Crippen molar-refractivity contribution in [1.29, 1.82) is 0 Å². The molecule has 0 fully saturated rings. The van der Waals surface area contributed by atoms with Gasteiger partial charge in [0.2, 0.25) is 11.7 Å². The molecule has 0 atom stereocenters. The lowest BCUT2D eigenvalue weighted by molar-refractivity contribution is 0.102. The van der Waals surface area contributed by atoms with E-state index in [9.17, 15) is 9.59 Å². The molecule has 1 amide bonds. The summed E-state index contributed by atoms with van der Waals surface area (Å²) < 4.78 is 6.72. The third-order valence-corrected chi connectivity index (χ3v) is 4.38. The van der Waals surface area contributed by atoms with E-state index in [-0.39, 0.29) is 11.1 Å². The molecule has 4 rings (SSSR count).